The molecule has 1 fully saturated rings. The van der Waals surface area contributed by atoms with E-state index in [1.807, 2.05) is 0 Å². The Morgan fingerprint density at radius 3 is 2.80 bits per heavy atom. The zero-order valence-electron chi connectivity index (χ0n) is 8.55. The molecular weight excluding hydrogens is 202 g/mol. The SMILES string of the molecule is CC(C(=O)O)C(=O)N1CCOC(CO)C1. The molecule has 6 nitrogen and oxygen atoms in total. The normalized spacial score (nSPS) is 23.6. The molecule has 0 aromatic rings. The maximum atomic E-state index is 11.6. The van der Waals surface area contributed by atoms with Crippen molar-refractivity contribution in [2.45, 2.75) is 13.0 Å². The quantitative estimate of drug-likeness (QED) is 0.587. The lowest BCUT2D eigenvalue weighted by atomic mass is 10.1. The van der Waals surface area contributed by atoms with Crippen LogP contribution in [-0.4, -0.2) is 59.4 Å². The number of aliphatic hydroxyl groups is 1. The maximum absolute atomic E-state index is 11.6. The molecule has 2 N–H and O–H groups in total. The summed E-state index contributed by atoms with van der Waals surface area (Å²) in [4.78, 5) is 23.6. The summed E-state index contributed by atoms with van der Waals surface area (Å²) in [7, 11) is 0. The molecule has 0 aromatic heterocycles. The van der Waals surface area contributed by atoms with Gasteiger partial charge in [0.15, 0.2) is 0 Å². The van der Waals surface area contributed by atoms with Crippen molar-refractivity contribution in [1.29, 1.82) is 0 Å². The van der Waals surface area contributed by atoms with Crippen molar-refractivity contribution in [3.8, 4) is 0 Å². The van der Waals surface area contributed by atoms with Gasteiger partial charge in [-0.25, -0.2) is 0 Å². The molecule has 1 saturated heterocycles. The standard InChI is InChI=1S/C9H15NO5/c1-6(9(13)14)8(12)10-2-3-15-7(4-10)5-11/h6-7,11H,2-5H2,1H3,(H,13,14). The first-order valence-corrected chi connectivity index (χ1v) is 4.80. The lowest BCUT2D eigenvalue weighted by Crippen LogP contribution is -2.49. The summed E-state index contributed by atoms with van der Waals surface area (Å²) in [5, 5.41) is 17.5. The topological polar surface area (TPSA) is 87.1 Å². The molecule has 0 saturated carbocycles. The molecule has 0 radical (unpaired) electrons. The van der Waals surface area contributed by atoms with Crippen molar-refractivity contribution in [3.63, 3.8) is 0 Å². The van der Waals surface area contributed by atoms with Gasteiger partial charge in [0.1, 0.15) is 5.92 Å². The van der Waals surface area contributed by atoms with Crippen LogP contribution in [0.15, 0.2) is 0 Å². The van der Waals surface area contributed by atoms with Crippen LogP contribution in [0.25, 0.3) is 0 Å². The Morgan fingerprint density at radius 2 is 2.27 bits per heavy atom. The predicted octanol–water partition coefficient (Wildman–Crippen LogP) is -1.07. The number of ether oxygens (including phenoxy) is 1. The van der Waals surface area contributed by atoms with E-state index in [2.05, 4.69) is 0 Å². The first-order valence-electron chi connectivity index (χ1n) is 4.80. The van der Waals surface area contributed by atoms with Gasteiger partial charge in [0.05, 0.1) is 19.3 Å². The Labute approximate surface area is 87.4 Å². The van der Waals surface area contributed by atoms with Crippen molar-refractivity contribution in [2.24, 2.45) is 5.92 Å². The van der Waals surface area contributed by atoms with Gasteiger partial charge in [-0.1, -0.05) is 0 Å². The molecule has 6 heteroatoms. The van der Waals surface area contributed by atoms with Gasteiger partial charge in [-0.15, -0.1) is 0 Å². The molecular formula is C9H15NO5. The highest BCUT2D eigenvalue weighted by Gasteiger charge is 2.30. The van der Waals surface area contributed by atoms with Crippen LogP contribution >= 0.6 is 0 Å². The van der Waals surface area contributed by atoms with Gasteiger partial charge in [-0.05, 0) is 6.92 Å². The van der Waals surface area contributed by atoms with E-state index < -0.39 is 23.9 Å². The molecule has 1 heterocycles. The first-order chi connectivity index (χ1) is 7.06. The highest BCUT2D eigenvalue weighted by molar-refractivity contribution is 5.96. The molecule has 1 aliphatic heterocycles. The minimum atomic E-state index is -1.13. The monoisotopic (exact) mass is 217 g/mol. The molecule has 2 unspecified atom stereocenters. The fourth-order valence-corrected chi connectivity index (χ4v) is 1.41. The van der Waals surface area contributed by atoms with Gasteiger partial charge >= 0.3 is 5.97 Å². The number of morpholine rings is 1. The molecule has 15 heavy (non-hydrogen) atoms. The minimum absolute atomic E-state index is 0.161. The Bertz CT molecular complexity index is 255. The summed E-state index contributed by atoms with van der Waals surface area (Å²) in [6, 6.07) is 0. The van der Waals surface area contributed by atoms with Crippen LogP contribution in [0.1, 0.15) is 6.92 Å². The number of hydrogen-bond donors (Lipinski definition) is 2. The maximum Gasteiger partial charge on any atom is 0.315 e. The van der Waals surface area contributed by atoms with Crippen molar-refractivity contribution >= 4 is 11.9 Å². The van der Waals surface area contributed by atoms with Gasteiger partial charge in [-0.3, -0.25) is 9.59 Å². The number of carboxylic acids is 1. The number of aliphatic carboxylic acids is 1. The van der Waals surface area contributed by atoms with Crippen LogP contribution in [0.3, 0.4) is 0 Å². The molecule has 0 bridgehead atoms. The van der Waals surface area contributed by atoms with Gasteiger partial charge in [-0.2, -0.15) is 0 Å². The zero-order valence-corrected chi connectivity index (χ0v) is 8.55. The summed E-state index contributed by atoms with van der Waals surface area (Å²) in [5.74, 6) is -2.60. The summed E-state index contributed by atoms with van der Waals surface area (Å²) in [6.07, 6.45) is -0.399. The fourth-order valence-electron chi connectivity index (χ4n) is 1.41. The largest absolute Gasteiger partial charge is 0.481 e. The summed E-state index contributed by atoms with van der Waals surface area (Å²) in [6.45, 7) is 2.17. The Hall–Kier alpha value is -1.14. The highest BCUT2D eigenvalue weighted by atomic mass is 16.5. The third kappa shape index (κ3) is 2.90. The average Bonchev–Trinajstić information content (AvgIpc) is 2.27. The van der Waals surface area contributed by atoms with E-state index >= 15 is 0 Å². The smallest absolute Gasteiger partial charge is 0.315 e. The van der Waals surface area contributed by atoms with Crippen LogP contribution in [0.4, 0.5) is 0 Å². The number of nitrogens with zero attached hydrogens (tertiary/aromatic N) is 1. The summed E-state index contributed by atoms with van der Waals surface area (Å²) >= 11 is 0. The van der Waals surface area contributed by atoms with Gasteiger partial charge < -0.3 is 19.8 Å². The third-order valence-corrected chi connectivity index (χ3v) is 2.39. The number of carbonyl (C=O) groups excluding carboxylic acids is 1. The average molecular weight is 217 g/mol. The first kappa shape index (κ1) is 11.9. The molecule has 0 aliphatic carbocycles. The number of carboxylic acid groups (broad SMARTS) is 1. The molecule has 2 atom stereocenters. The molecule has 86 valence electrons. The van der Waals surface area contributed by atoms with Gasteiger partial charge in [0.2, 0.25) is 5.91 Å². The van der Waals surface area contributed by atoms with Crippen molar-refractivity contribution in [3.05, 3.63) is 0 Å². The van der Waals surface area contributed by atoms with E-state index in [4.69, 9.17) is 14.9 Å². The van der Waals surface area contributed by atoms with Crippen molar-refractivity contribution < 1.29 is 24.5 Å². The Morgan fingerprint density at radius 1 is 1.60 bits per heavy atom. The predicted molar refractivity (Wildman–Crippen MR) is 50.2 cm³/mol. The van der Waals surface area contributed by atoms with Gasteiger partial charge in [0.25, 0.3) is 0 Å². The molecule has 0 aromatic carbocycles. The van der Waals surface area contributed by atoms with Gasteiger partial charge in [0, 0.05) is 13.1 Å². The number of carbonyl (C=O) groups is 2. The van der Waals surface area contributed by atoms with E-state index in [1.54, 1.807) is 0 Å². The fraction of sp³-hybridized carbons (Fsp3) is 0.778. The van der Waals surface area contributed by atoms with Crippen LogP contribution in [-0.2, 0) is 14.3 Å². The van der Waals surface area contributed by atoms with E-state index in [9.17, 15) is 9.59 Å². The van der Waals surface area contributed by atoms with Crippen molar-refractivity contribution in [1.82, 2.24) is 4.90 Å². The third-order valence-electron chi connectivity index (χ3n) is 2.39. The number of rotatable bonds is 3. The Balaban J connectivity index is 2.55. The summed E-state index contributed by atoms with van der Waals surface area (Å²) < 4.78 is 5.16. The molecule has 1 aliphatic rings. The second kappa shape index (κ2) is 5.09. The van der Waals surface area contributed by atoms with E-state index in [-0.39, 0.29) is 13.2 Å². The lowest BCUT2D eigenvalue weighted by Gasteiger charge is -2.32. The van der Waals surface area contributed by atoms with E-state index in [1.165, 1.54) is 11.8 Å². The number of hydrogen-bond acceptors (Lipinski definition) is 4. The minimum Gasteiger partial charge on any atom is -0.481 e. The van der Waals surface area contributed by atoms with Crippen molar-refractivity contribution in [2.75, 3.05) is 26.3 Å². The molecule has 1 rings (SSSR count). The van der Waals surface area contributed by atoms with E-state index in [0.29, 0.717) is 13.2 Å². The van der Waals surface area contributed by atoms with Crippen LogP contribution in [0.5, 0.6) is 0 Å². The highest BCUT2D eigenvalue weighted by Crippen LogP contribution is 2.09. The lowest BCUT2D eigenvalue weighted by molar-refractivity contribution is -0.154. The number of aliphatic hydroxyl groups excluding tert-OH is 1. The molecule has 1 amide bonds. The summed E-state index contributed by atoms with van der Waals surface area (Å²) in [5.41, 5.74) is 0. The van der Waals surface area contributed by atoms with Crippen LogP contribution in [0.2, 0.25) is 0 Å². The van der Waals surface area contributed by atoms with Crippen LogP contribution in [0, 0.1) is 5.92 Å². The Kier molecular flexibility index (Phi) is 4.05. The second-order valence-corrected chi connectivity index (χ2v) is 3.52. The zero-order chi connectivity index (χ0) is 11.4. The second-order valence-electron chi connectivity index (χ2n) is 3.52. The number of amides is 1. The van der Waals surface area contributed by atoms with Crippen LogP contribution < -0.4 is 0 Å². The molecule has 0 spiro atoms. The van der Waals surface area contributed by atoms with E-state index in [0.717, 1.165) is 0 Å².